The molecule has 2 nitrogen and oxygen atoms in total. The first kappa shape index (κ1) is 15.6. The number of rotatable bonds is 3. The maximum absolute atomic E-state index is 6.31. The van der Waals surface area contributed by atoms with E-state index in [2.05, 4.69) is 61.1 Å². The van der Waals surface area contributed by atoms with Crippen LogP contribution in [0.3, 0.4) is 0 Å². The molecule has 0 fully saturated rings. The number of nitrogens with one attached hydrogen (secondary N) is 1. The van der Waals surface area contributed by atoms with Gasteiger partial charge in [0.15, 0.2) is 0 Å². The first-order chi connectivity index (χ1) is 9.32. The molecule has 1 aromatic heterocycles. The molecule has 0 spiro atoms. The molecule has 4 heteroatoms. The highest BCUT2D eigenvalue weighted by atomic mass is 79.9. The van der Waals surface area contributed by atoms with Crippen LogP contribution in [-0.2, 0) is 5.41 Å². The number of anilines is 1. The van der Waals surface area contributed by atoms with E-state index < -0.39 is 0 Å². The number of aromatic nitrogens is 1. The van der Waals surface area contributed by atoms with Crippen LogP contribution in [0.4, 0.5) is 5.82 Å². The van der Waals surface area contributed by atoms with Crippen molar-refractivity contribution in [3.8, 4) is 0 Å². The molecular formula is C16H20BrClN2. The van der Waals surface area contributed by atoms with Gasteiger partial charge in [0, 0.05) is 22.0 Å². The van der Waals surface area contributed by atoms with Crippen LogP contribution < -0.4 is 5.32 Å². The zero-order valence-corrected chi connectivity index (χ0v) is 14.7. The summed E-state index contributed by atoms with van der Waals surface area (Å²) in [7, 11) is 0. The van der Waals surface area contributed by atoms with E-state index in [-0.39, 0.29) is 5.41 Å². The van der Waals surface area contributed by atoms with Gasteiger partial charge in [0.25, 0.3) is 0 Å². The second-order valence-electron chi connectivity index (χ2n) is 6.02. The topological polar surface area (TPSA) is 24.9 Å². The Kier molecular flexibility index (Phi) is 4.60. The van der Waals surface area contributed by atoms with Crippen molar-refractivity contribution >= 4 is 44.3 Å². The van der Waals surface area contributed by atoms with E-state index in [0.717, 1.165) is 34.2 Å². The fourth-order valence-corrected chi connectivity index (χ4v) is 3.04. The predicted octanol–water partition coefficient (Wildman–Crippen LogP) is 5.77. The molecule has 0 bridgehead atoms. The predicted molar refractivity (Wildman–Crippen MR) is 91.9 cm³/mol. The number of nitrogens with zero attached hydrogens (tertiary/aromatic N) is 1. The number of hydrogen-bond donors (Lipinski definition) is 1. The lowest BCUT2D eigenvalue weighted by Crippen LogP contribution is -2.16. The molecule has 1 N–H and O–H groups in total. The molecule has 0 atom stereocenters. The van der Waals surface area contributed by atoms with Crippen molar-refractivity contribution in [2.75, 3.05) is 11.9 Å². The van der Waals surface area contributed by atoms with Crippen LogP contribution in [0.2, 0.25) is 5.02 Å². The van der Waals surface area contributed by atoms with Gasteiger partial charge in [-0.1, -0.05) is 55.2 Å². The van der Waals surface area contributed by atoms with Crippen molar-refractivity contribution in [3.05, 3.63) is 33.3 Å². The molecule has 108 valence electrons. The smallest absolute Gasteiger partial charge is 0.130 e. The number of halogens is 2. The molecule has 2 aromatic rings. The molecule has 0 saturated heterocycles. The van der Waals surface area contributed by atoms with Crippen molar-refractivity contribution in [1.29, 1.82) is 0 Å². The molecule has 0 saturated carbocycles. The average Bonchev–Trinajstić information content (AvgIpc) is 2.34. The third-order valence-electron chi connectivity index (χ3n) is 3.19. The molecule has 0 aliphatic heterocycles. The van der Waals surface area contributed by atoms with Gasteiger partial charge in [-0.3, -0.25) is 0 Å². The van der Waals surface area contributed by atoms with E-state index in [9.17, 15) is 0 Å². The van der Waals surface area contributed by atoms with Crippen LogP contribution in [0.15, 0.2) is 22.7 Å². The Bertz CT molecular complexity index is 632. The highest BCUT2D eigenvalue weighted by molar-refractivity contribution is 9.10. The SMILES string of the molecule is CCCNc1nc2c(Cl)cc(Br)cc2cc1C(C)(C)C. The van der Waals surface area contributed by atoms with Crippen LogP contribution in [-0.4, -0.2) is 11.5 Å². The van der Waals surface area contributed by atoms with Gasteiger partial charge in [-0.2, -0.15) is 0 Å². The van der Waals surface area contributed by atoms with Gasteiger partial charge in [0.05, 0.1) is 10.5 Å². The standard InChI is InChI=1S/C16H20BrClN2/c1-5-6-19-15-12(16(2,3)4)8-10-7-11(17)9-13(18)14(10)20-15/h7-9H,5-6H2,1-4H3,(H,19,20). The van der Waals surface area contributed by atoms with Crippen LogP contribution in [0, 0.1) is 0 Å². The summed E-state index contributed by atoms with van der Waals surface area (Å²) in [6.45, 7) is 9.66. The van der Waals surface area contributed by atoms with E-state index in [1.807, 2.05) is 6.07 Å². The van der Waals surface area contributed by atoms with Gasteiger partial charge in [0.2, 0.25) is 0 Å². The Balaban J connectivity index is 2.68. The molecular weight excluding hydrogens is 336 g/mol. The van der Waals surface area contributed by atoms with E-state index in [4.69, 9.17) is 16.6 Å². The molecule has 1 heterocycles. The van der Waals surface area contributed by atoms with Crippen LogP contribution in [0.1, 0.15) is 39.7 Å². The van der Waals surface area contributed by atoms with E-state index in [1.54, 1.807) is 0 Å². The van der Waals surface area contributed by atoms with Crippen molar-refractivity contribution in [1.82, 2.24) is 4.98 Å². The van der Waals surface area contributed by atoms with E-state index in [1.165, 1.54) is 5.56 Å². The maximum Gasteiger partial charge on any atom is 0.130 e. The summed E-state index contributed by atoms with van der Waals surface area (Å²) in [5.74, 6) is 0.941. The van der Waals surface area contributed by atoms with Crippen molar-refractivity contribution in [2.24, 2.45) is 0 Å². The summed E-state index contributed by atoms with van der Waals surface area (Å²) >= 11 is 9.81. The van der Waals surface area contributed by atoms with Crippen LogP contribution in [0.25, 0.3) is 10.9 Å². The second kappa shape index (κ2) is 5.90. The zero-order valence-electron chi connectivity index (χ0n) is 12.3. The number of benzene rings is 1. The number of hydrogen-bond acceptors (Lipinski definition) is 2. The first-order valence-corrected chi connectivity index (χ1v) is 8.04. The van der Waals surface area contributed by atoms with E-state index >= 15 is 0 Å². The molecule has 20 heavy (non-hydrogen) atoms. The van der Waals surface area contributed by atoms with Crippen LogP contribution >= 0.6 is 27.5 Å². The van der Waals surface area contributed by atoms with Gasteiger partial charge in [0.1, 0.15) is 5.82 Å². The maximum atomic E-state index is 6.31. The van der Waals surface area contributed by atoms with Gasteiger partial charge >= 0.3 is 0 Å². The van der Waals surface area contributed by atoms with Gasteiger partial charge in [-0.25, -0.2) is 4.98 Å². The van der Waals surface area contributed by atoms with Gasteiger partial charge in [-0.15, -0.1) is 0 Å². The summed E-state index contributed by atoms with van der Waals surface area (Å²) in [4.78, 5) is 4.76. The lowest BCUT2D eigenvalue weighted by molar-refractivity contribution is 0.590. The largest absolute Gasteiger partial charge is 0.370 e. The number of pyridine rings is 1. The van der Waals surface area contributed by atoms with Gasteiger partial charge < -0.3 is 5.32 Å². The monoisotopic (exact) mass is 354 g/mol. The second-order valence-corrected chi connectivity index (χ2v) is 7.34. The highest BCUT2D eigenvalue weighted by Crippen LogP contribution is 2.34. The lowest BCUT2D eigenvalue weighted by atomic mass is 9.86. The summed E-state index contributed by atoms with van der Waals surface area (Å²) in [6, 6.07) is 6.14. The third kappa shape index (κ3) is 3.26. The summed E-state index contributed by atoms with van der Waals surface area (Å²) in [5, 5.41) is 5.16. The Morgan fingerprint density at radius 2 is 1.95 bits per heavy atom. The third-order valence-corrected chi connectivity index (χ3v) is 3.93. The minimum absolute atomic E-state index is 0.0338. The summed E-state index contributed by atoms with van der Waals surface area (Å²) in [5.41, 5.74) is 2.10. The van der Waals surface area contributed by atoms with Gasteiger partial charge in [-0.05, 0) is 30.0 Å². The van der Waals surface area contributed by atoms with Crippen LogP contribution in [0.5, 0.6) is 0 Å². The molecule has 1 aromatic carbocycles. The average molecular weight is 356 g/mol. The highest BCUT2D eigenvalue weighted by Gasteiger charge is 2.20. The molecule has 2 rings (SSSR count). The minimum atomic E-state index is 0.0338. The van der Waals surface area contributed by atoms with Crippen molar-refractivity contribution in [3.63, 3.8) is 0 Å². The summed E-state index contributed by atoms with van der Waals surface area (Å²) in [6.07, 6.45) is 1.07. The normalized spacial score (nSPS) is 11.9. The lowest BCUT2D eigenvalue weighted by Gasteiger charge is -2.23. The van der Waals surface area contributed by atoms with Crippen molar-refractivity contribution < 1.29 is 0 Å². The molecule has 0 amide bonds. The molecule has 0 aliphatic rings. The van der Waals surface area contributed by atoms with Crippen molar-refractivity contribution in [2.45, 2.75) is 39.5 Å². The molecule has 0 unspecified atom stereocenters. The Hall–Kier alpha value is -0.800. The fraction of sp³-hybridized carbons (Fsp3) is 0.438. The number of fused-ring (bicyclic) bond motifs is 1. The summed E-state index contributed by atoms with van der Waals surface area (Å²) < 4.78 is 0.978. The molecule has 0 aliphatic carbocycles. The first-order valence-electron chi connectivity index (χ1n) is 6.87. The quantitative estimate of drug-likeness (QED) is 0.756. The zero-order chi connectivity index (χ0) is 14.9. The Labute approximate surface area is 134 Å². The fourth-order valence-electron chi connectivity index (χ4n) is 2.16. The van der Waals surface area contributed by atoms with E-state index in [0.29, 0.717) is 5.02 Å². The minimum Gasteiger partial charge on any atom is -0.370 e. The molecule has 0 radical (unpaired) electrons. The Morgan fingerprint density at radius 1 is 1.25 bits per heavy atom. The Morgan fingerprint density at radius 3 is 2.55 bits per heavy atom.